The summed E-state index contributed by atoms with van der Waals surface area (Å²) >= 11 is 1.54. The average molecular weight is 478 g/mol. The van der Waals surface area contributed by atoms with Gasteiger partial charge in [0.15, 0.2) is 5.13 Å². The highest BCUT2D eigenvalue weighted by molar-refractivity contribution is 7.21. The first-order chi connectivity index (χ1) is 16.6. The lowest BCUT2D eigenvalue weighted by molar-refractivity contribution is 0.126. The first-order valence-electron chi connectivity index (χ1n) is 11.8. The molecule has 2 N–H and O–H groups in total. The van der Waals surface area contributed by atoms with Crippen LogP contribution in [-0.4, -0.2) is 62.9 Å². The molecule has 34 heavy (non-hydrogen) atoms. The van der Waals surface area contributed by atoms with Crippen LogP contribution in [0.1, 0.15) is 43.4 Å². The fourth-order valence-electron chi connectivity index (χ4n) is 4.79. The SMILES string of the molecule is COCCN1CCCC(c2ccnc(Nc3nc4ccc(-c5cn[nH]c5C)nc4s3)c2)C[C@@H]1C. The van der Waals surface area contributed by atoms with E-state index in [2.05, 4.69) is 44.5 Å². The molecule has 5 rings (SSSR count). The Morgan fingerprint density at radius 1 is 1.26 bits per heavy atom. The number of ether oxygens (including phenoxy) is 1. The van der Waals surface area contributed by atoms with Gasteiger partial charge in [-0.15, -0.1) is 0 Å². The smallest absolute Gasteiger partial charge is 0.190 e. The molecular formula is C25H31N7OS. The molecule has 0 radical (unpaired) electrons. The van der Waals surface area contributed by atoms with Crippen molar-refractivity contribution in [3.05, 3.63) is 47.9 Å². The van der Waals surface area contributed by atoms with Crippen molar-refractivity contribution < 1.29 is 4.74 Å². The van der Waals surface area contributed by atoms with Crippen LogP contribution in [0.4, 0.5) is 10.9 Å². The number of rotatable bonds is 7. The van der Waals surface area contributed by atoms with Crippen molar-refractivity contribution in [2.75, 3.05) is 32.1 Å². The normalized spacial score (nSPS) is 19.4. The van der Waals surface area contributed by atoms with Gasteiger partial charge in [-0.05, 0) is 75.4 Å². The minimum atomic E-state index is 0.531. The van der Waals surface area contributed by atoms with Crippen LogP contribution in [0, 0.1) is 6.92 Å². The van der Waals surface area contributed by atoms with Gasteiger partial charge in [-0.2, -0.15) is 5.10 Å². The van der Waals surface area contributed by atoms with Gasteiger partial charge in [0.1, 0.15) is 16.2 Å². The van der Waals surface area contributed by atoms with E-state index in [1.165, 1.54) is 29.7 Å². The van der Waals surface area contributed by atoms with Gasteiger partial charge in [0, 0.05) is 37.2 Å². The maximum atomic E-state index is 5.30. The van der Waals surface area contributed by atoms with Crippen LogP contribution < -0.4 is 5.32 Å². The first kappa shape index (κ1) is 22.9. The molecular weight excluding hydrogens is 446 g/mol. The number of pyridine rings is 2. The summed E-state index contributed by atoms with van der Waals surface area (Å²) in [5.41, 5.74) is 5.14. The minimum Gasteiger partial charge on any atom is -0.383 e. The molecule has 0 bridgehead atoms. The van der Waals surface area contributed by atoms with Crippen LogP contribution in [0.3, 0.4) is 0 Å². The van der Waals surface area contributed by atoms with Gasteiger partial charge in [-0.3, -0.25) is 10.00 Å². The lowest BCUT2D eigenvalue weighted by Crippen LogP contribution is -2.35. The Kier molecular flexibility index (Phi) is 6.85. The van der Waals surface area contributed by atoms with Crippen LogP contribution in [0.15, 0.2) is 36.7 Å². The Balaban J connectivity index is 1.31. The van der Waals surface area contributed by atoms with Crippen LogP contribution in [0.5, 0.6) is 0 Å². The molecule has 178 valence electrons. The fraction of sp³-hybridized carbons (Fsp3) is 0.440. The van der Waals surface area contributed by atoms with Crippen LogP contribution in [0.25, 0.3) is 21.6 Å². The molecule has 0 aliphatic carbocycles. The quantitative estimate of drug-likeness (QED) is 0.381. The fourth-order valence-corrected chi connectivity index (χ4v) is 5.64. The van der Waals surface area contributed by atoms with E-state index in [1.54, 1.807) is 7.11 Å². The molecule has 0 aromatic carbocycles. The number of aryl methyl sites for hydroxylation is 1. The largest absolute Gasteiger partial charge is 0.383 e. The zero-order valence-electron chi connectivity index (χ0n) is 19.9. The number of likely N-dealkylation sites (tertiary alicyclic amines) is 1. The number of methoxy groups -OCH3 is 1. The second-order valence-electron chi connectivity index (χ2n) is 9.00. The van der Waals surface area contributed by atoms with Crippen LogP contribution >= 0.6 is 11.3 Å². The lowest BCUT2D eigenvalue weighted by Gasteiger charge is -2.27. The Bertz CT molecular complexity index is 1250. The van der Waals surface area contributed by atoms with Crippen LogP contribution in [0.2, 0.25) is 0 Å². The van der Waals surface area contributed by atoms with Gasteiger partial charge in [-0.25, -0.2) is 15.0 Å². The third kappa shape index (κ3) is 4.96. The predicted molar refractivity (Wildman–Crippen MR) is 137 cm³/mol. The van der Waals surface area contributed by atoms with Crippen molar-refractivity contribution in [3.8, 4) is 11.3 Å². The number of hydrogen-bond donors (Lipinski definition) is 2. The summed E-state index contributed by atoms with van der Waals surface area (Å²) in [7, 11) is 1.78. The molecule has 1 aliphatic heterocycles. The van der Waals surface area contributed by atoms with Gasteiger partial charge < -0.3 is 10.1 Å². The number of nitrogens with zero attached hydrogens (tertiary/aromatic N) is 5. The molecule has 4 aromatic rings. The second kappa shape index (κ2) is 10.2. The third-order valence-electron chi connectivity index (χ3n) is 6.68. The maximum Gasteiger partial charge on any atom is 0.190 e. The van der Waals surface area contributed by atoms with E-state index < -0.39 is 0 Å². The molecule has 1 unspecified atom stereocenters. The molecule has 1 aliphatic rings. The van der Waals surface area contributed by atoms with Gasteiger partial charge in [0.2, 0.25) is 0 Å². The number of aromatic nitrogens is 5. The Labute approximate surface area is 203 Å². The number of nitrogens with one attached hydrogen (secondary N) is 2. The average Bonchev–Trinajstić information content (AvgIpc) is 3.39. The number of H-pyrrole nitrogens is 1. The number of thiazole rings is 1. The van der Waals surface area contributed by atoms with E-state index in [-0.39, 0.29) is 0 Å². The summed E-state index contributed by atoms with van der Waals surface area (Å²) in [6.45, 7) is 7.26. The Morgan fingerprint density at radius 3 is 3.00 bits per heavy atom. The molecule has 4 aromatic heterocycles. The molecule has 5 heterocycles. The van der Waals surface area contributed by atoms with E-state index in [1.807, 2.05) is 31.5 Å². The monoisotopic (exact) mass is 477 g/mol. The number of hydrogen-bond acceptors (Lipinski definition) is 8. The molecule has 8 nitrogen and oxygen atoms in total. The van der Waals surface area contributed by atoms with Crippen molar-refractivity contribution in [1.82, 2.24) is 30.0 Å². The summed E-state index contributed by atoms with van der Waals surface area (Å²) in [6, 6.07) is 8.88. The number of fused-ring (bicyclic) bond motifs is 1. The highest BCUT2D eigenvalue weighted by Gasteiger charge is 2.24. The molecule has 0 saturated carbocycles. The zero-order chi connectivity index (χ0) is 23.5. The summed E-state index contributed by atoms with van der Waals surface area (Å²) in [5.74, 6) is 1.36. The van der Waals surface area contributed by atoms with E-state index in [0.29, 0.717) is 12.0 Å². The van der Waals surface area contributed by atoms with Crippen molar-refractivity contribution >= 4 is 32.6 Å². The van der Waals surface area contributed by atoms with Gasteiger partial charge in [-0.1, -0.05) is 11.3 Å². The zero-order valence-corrected chi connectivity index (χ0v) is 20.7. The summed E-state index contributed by atoms with van der Waals surface area (Å²) in [4.78, 5) is 17.5. The van der Waals surface area contributed by atoms with Crippen molar-refractivity contribution in [2.24, 2.45) is 0 Å². The van der Waals surface area contributed by atoms with Crippen molar-refractivity contribution in [2.45, 2.75) is 45.1 Å². The molecule has 0 spiro atoms. The molecule has 2 atom stereocenters. The lowest BCUT2D eigenvalue weighted by atomic mass is 9.90. The Hall–Kier alpha value is -2.88. The second-order valence-corrected chi connectivity index (χ2v) is 9.98. The topological polar surface area (TPSA) is 91.9 Å². The minimum absolute atomic E-state index is 0.531. The van der Waals surface area contributed by atoms with E-state index >= 15 is 0 Å². The summed E-state index contributed by atoms with van der Waals surface area (Å²) in [5, 5.41) is 11.3. The first-order valence-corrected chi connectivity index (χ1v) is 12.7. The Morgan fingerprint density at radius 2 is 2.18 bits per heavy atom. The molecule has 9 heteroatoms. The molecule has 1 saturated heterocycles. The highest BCUT2D eigenvalue weighted by Crippen LogP contribution is 2.33. The number of anilines is 2. The standard InChI is InChI=1S/C25H31N7OS/c1-16-13-18(5-4-10-32(16)11-12-33-3)19-8-9-26-23(14-19)30-25-29-22-7-6-21(28-24(22)34-25)20-15-27-31-17(20)2/h6-9,14-16,18H,4-5,10-13H2,1-3H3,(H,27,31)(H,26,29,30)/t16-,18?/m0/s1. The van der Waals surface area contributed by atoms with Crippen LogP contribution in [-0.2, 0) is 4.74 Å². The predicted octanol–water partition coefficient (Wildman–Crippen LogP) is 5.13. The van der Waals surface area contributed by atoms with Crippen molar-refractivity contribution in [3.63, 3.8) is 0 Å². The molecule has 1 fully saturated rings. The maximum absolute atomic E-state index is 5.30. The van der Waals surface area contributed by atoms with Gasteiger partial charge in [0.05, 0.1) is 18.5 Å². The van der Waals surface area contributed by atoms with Crippen molar-refractivity contribution in [1.29, 1.82) is 0 Å². The van der Waals surface area contributed by atoms with Gasteiger partial charge >= 0.3 is 0 Å². The summed E-state index contributed by atoms with van der Waals surface area (Å²) < 4.78 is 5.30. The highest BCUT2D eigenvalue weighted by atomic mass is 32.1. The number of aromatic amines is 1. The van der Waals surface area contributed by atoms with E-state index in [4.69, 9.17) is 14.7 Å². The van der Waals surface area contributed by atoms with Gasteiger partial charge in [0.25, 0.3) is 0 Å². The molecule has 0 amide bonds. The van der Waals surface area contributed by atoms with E-state index in [0.717, 1.165) is 64.4 Å². The van der Waals surface area contributed by atoms with E-state index in [9.17, 15) is 0 Å². The third-order valence-corrected chi connectivity index (χ3v) is 7.56. The summed E-state index contributed by atoms with van der Waals surface area (Å²) in [6.07, 6.45) is 7.25.